The molecule has 1 amide bonds. The monoisotopic (exact) mass is 286 g/mol. The van der Waals surface area contributed by atoms with Crippen LogP contribution in [0.1, 0.15) is 20.9 Å². The van der Waals surface area contributed by atoms with Gasteiger partial charge in [0.15, 0.2) is 0 Å². The maximum atomic E-state index is 12.2. The number of thiophene rings is 1. The van der Waals surface area contributed by atoms with Crippen LogP contribution in [0.5, 0.6) is 0 Å². The van der Waals surface area contributed by atoms with Crippen molar-refractivity contribution < 1.29 is 4.79 Å². The largest absolute Gasteiger partial charge is 0.350 e. The van der Waals surface area contributed by atoms with Gasteiger partial charge in [-0.05, 0) is 36.6 Å². The smallest absolute Gasteiger partial charge is 0.237 e. The molecule has 4 heteroatoms. The van der Waals surface area contributed by atoms with E-state index in [0.29, 0.717) is 6.54 Å². The van der Waals surface area contributed by atoms with Crippen molar-refractivity contribution in [2.45, 2.75) is 32.5 Å². The van der Waals surface area contributed by atoms with Crippen LogP contribution in [-0.2, 0) is 24.3 Å². The molecular formula is C16H18N2OS. The van der Waals surface area contributed by atoms with Crippen LogP contribution < -0.4 is 10.6 Å². The summed E-state index contributed by atoms with van der Waals surface area (Å²) in [5.74, 6) is 0.0885. The molecular weight excluding hydrogens is 268 g/mol. The van der Waals surface area contributed by atoms with Gasteiger partial charge in [0.25, 0.3) is 0 Å². The van der Waals surface area contributed by atoms with Crippen LogP contribution in [0.4, 0.5) is 0 Å². The first kappa shape index (κ1) is 13.3. The van der Waals surface area contributed by atoms with Crippen molar-refractivity contribution >= 4 is 17.2 Å². The maximum Gasteiger partial charge on any atom is 0.237 e. The van der Waals surface area contributed by atoms with Gasteiger partial charge < -0.3 is 10.6 Å². The summed E-state index contributed by atoms with van der Waals surface area (Å²) in [6, 6.07) is 12.3. The van der Waals surface area contributed by atoms with Gasteiger partial charge >= 0.3 is 0 Å². The summed E-state index contributed by atoms with van der Waals surface area (Å²) in [4.78, 5) is 14.7. The van der Waals surface area contributed by atoms with Gasteiger partial charge in [-0.25, -0.2) is 0 Å². The summed E-state index contributed by atoms with van der Waals surface area (Å²) < 4.78 is 0. The van der Waals surface area contributed by atoms with Crippen LogP contribution in [-0.4, -0.2) is 11.9 Å². The second-order valence-corrected chi connectivity index (χ2v) is 6.51. The van der Waals surface area contributed by atoms with E-state index in [1.807, 2.05) is 12.1 Å². The quantitative estimate of drug-likeness (QED) is 0.909. The van der Waals surface area contributed by atoms with Crippen molar-refractivity contribution in [1.29, 1.82) is 0 Å². The first-order valence-corrected chi connectivity index (χ1v) is 7.67. The molecule has 1 aromatic heterocycles. The van der Waals surface area contributed by atoms with Gasteiger partial charge in [0.05, 0.1) is 12.6 Å². The molecule has 1 aliphatic heterocycles. The molecule has 20 heavy (non-hydrogen) atoms. The van der Waals surface area contributed by atoms with Crippen molar-refractivity contribution in [3.8, 4) is 0 Å². The summed E-state index contributed by atoms with van der Waals surface area (Å²) in [7, 11) is 0. The second kappa shape index (κ2) is 5.77. The number of aryl methyl sites for hydroxylation is 1. The number of nitrogens with one attached hydrogen (secondary N) is 2. The van der Waals surface area contributed by atoms with Crippen LogP contribution >= 0.6 is 11.3 Å². The lowest BCUT2D eigenvalue weighted by molar-refractivity contribution is -0.123. The first-order valence-electron chi connectivity index (χ1n) is 6.85. The fourth-order valence-electron chi connectivity index (χ4n) is 2.52. The van der Waals surface area contributed by atoms with Gasteiger partial charge in [0.1, 0.15) is 0 Å². The number of carbonyl (C=O) groups excluding carboxylic acids is 1. The van der Waals surface area contributed by atoms with E-state index in [1.165, 1.54) is 20.9 Å². The summed E-state index contributed by atoms with van der Waals surface area (Å²) in [6.07, 6.45) is 0.769. The fourth-order valence-corrected chi connectivity index (χ4v) is 3.35. The lowest BCUT2D eigenvalue weighted by atomic mass is 9.95. The van der Waals surface area contributed by atoms with E-state index in [1.54, 1.807) is 11.3 Å². The van der Waals surface area contributed by atoms with E-state index in [2.05, 4.69) is 41.8 Å². The number of fused-ring (bicyclic) bond motifs is 1. The Balaban J connectivity index is 1.59. The molecule has 104 valence electrons. The number of amides is 1. The summed E-state index contributed by atoms with van der Waals surface area (Å²) in [5.41, 5.74) is 2.57. The summed E-state index contributed by atoms with van der Waals surface area (Å²) >= 11 is 1.73. The highest BCUT2D eigenvalue weighted by atomic mass is 32.1. The Morgan fingerprint density at radius 2 is 2.10 bits per heavy atom. The molecule has 2 aromatic rings. The number of hydrogen-bond donors (Lipinski definition) is 2. The minimum absolute atomic E-state index is 0.0885. The van der Waals surface area contributed by atoms with Crippen LogP contribution in [0.15, 0.2) is 36.4 Å². The molecule has 0 spiro atoms. The van der Waals surface area contributed by atoms with E-state index in [4.69, 9.17) is 0 Å². The molecule has 3 nitrogen and oxygen atoms in total. The van der Waals surface area contributed by atoms with Crippen LogP contribution in [0.3, 0.4) is 0 Å². The van der Waals surface area contributed by atoms with Gasteiger partial charge in [-0.1, -0.05) is 24.3 Å². The standard InChI is InChI=1S/C16H18N2OS/c1-11-6-7-14(20-11)10-18-16(19)15-8-12-4-2-3-5-13(12)9-17-15/h2-7,15,17H,8-10H2,1H3,(H,18,19). The summed E-state index contributed by atoms with van der Waals surface area (Å²) in [6.45, 7) is 3.47. The highest BCUT2D eigenvalue weighted by Crippen LogP contribution is 2.17. The lowest BCUT2D eigenvalue weighted by Crippen LogP contribution is -2.47. The third kappa shape index (κ3) is 2.92. The van der Waals surface area contributed by atoms with E-state index < -0.39 is 0 Å². The van der Waals surface area contributed by atoms with Gasteiger partial charge in [0, 0.05) is 16.3 Å². The minimum Gasteiger partial charge on any atom is -0.350 e. The van der Waals surface area contributed by atoms with Crippen LogP contribution in [0, 0.1) is 6.92 Å². The average molecular weight is 286 g/mol. The molecule has 0 aliphatic carbocycles. The summed E-state index contributed by atoms with van der Waals surface area (Å²) in [5, 5.41) is 6.33. The molecule has 0 saturated carbocycles. The molecule has 0 radical (unpaired) electrons. The third-order valence-corrected chi connectivity index (χ3v) is 4.63. The molecule has 1 atom stereocenters. The SMILES string of the molecule is Cc1ccc(CNC(=O)C2Cc3ccccc3CN2)s1. The van der Waals surface area contributed by atoms with Gasteiger partial charge in [0.2, 0.25) is 5.91 Å². The molecule has 3 rings (SSSR count). The van der Waals surface area contributed by atoms with Crippen molar-refractivity contribution in [3.63, 3.8) is 0 Å². The number of carbonyl (C=O) groups is 1. The maximum absolute atomic E-state index is 12.2. The van der Waals surface area contributed by atoms with Crippen molar-refractivity contribution in [2.24, 2.45) is 0 Å². The van der Waals surface area contributed by atoms with Crippen LogP contribution in [0.2, 0.25) is 0 Å². The number of benzene rings is 1. The van der Waals surface area contributed by atoms with E-state index in [0.717, 1.165) is 13.0 Å². The topological polar surface area (TPSA) is 41.1 Å². The zero-order chi connectivity index (χ0) is 13.9. The Morgan fingerprint density at radius 3 is 2.85 bits per heavy atom. The second-order valence-electron chi connectivity index (χ2n) is 5.14. The highest BCUT2D eigenvalue weighted by Gasteiger charge is 2.23. The zero-order valence-corrected chi connectivity index (χ0v) is 12.3. The number of rotatable bonds is 3. The van der Waals surface area contributed by atoms with E-state index in [9.17, 15) is 4.79 Å². The van der Waals surface area contributed by atoms with Crippen LogP contribution in [0.25, 0.3) is 0 Å². The molecule has 1 unspecified atom stereocenters. The van der Waals surface area contributed by atoms with Crippen molar-refractivity contribution in [3.05, 3.63) is 57.3 Å². The molecule has 2 heterocycles. The molecule has 0 bridgehead atoms. The highest BCUT2D eigenvalue weighted by molar-refractivity contribution is 7.11. The molecule has 2 N–H and O–H groups in total. The van der Waals surface area contributed by atoms with Gasteiger partial charge in [-0.15, -0.1) is 11.3 Å². The average Bonchev–Trinajstić information content (AvgIpc) is 2.90. The third-order valence-electron chi connectivity index (χ3n) is 3.63. The fraction of sp³-hybridized carbons (Fsp3) is 0.312. The van der Waals surface area contributed by atoms with Gasteiger partial charge in [-0.3, -0.25) is 4.79 Å². The van der Waals surface area contributed by atoms with Crippen molar-refractivity contribution in [1.82, 2.24) is 10.6 Å². The molecule has 1 aliphatic rings. The zero-order valence-electron chi connectivity index (χ0n) is 11.5. The Morgan fingerprint density at radius 1 is 1.30 bits per heavy atom. The lowest BCUT2D eigenvalue weighted by Gasteiger charge is -2.25. The molecule has 1 aromatic carbocycles. The minimum atomic E-state index is -0.119. The number of hydrogen-bond acceptors (Lipinski definition) is 3. The predicted molar refractivity (Wildman–Crippen MR) is 81.7 cm³/mol. The van der Waals surface area contributed by atoms with E-state index >= 15 is 0 Å². The Bertz CT molecular complexity index is 620. The Hall–Kier alpha value is -1.65. The Kier molecular flexibility index (Phi) is 3.85. The van der Waals surface area contributed by atoms with Crippen molar-refractivity contribution in [2.75, 3.05) is 0 Å². The Labute approximate surface area is 123 Å². The predicted octanol–water partition coefficient (Wildman–Crippen LogP) is 2.39. The van der Waals surface area contributed by atoms with Gasteiger partial charge in [-0.2, -0.15) is 0 Å². The normalized spacial score (nSPS) is 17.6. The molecule has 0 saturated heterocycles. The molecule has 0 fully saturated rings. The van der Waals surface area contributed by atoms with E-state index in [-0.39, 0.29) is 11.9 Å². The first-order chi connectivity index (χ1) is 9.72.